The molecule has 0 aliphatic rings. The van der Waals surface area contributed by atoms with E-state index in [0.29, 0.717) is 17.3 Å². The lowest BCUT2D eigenvalue weighted by molar-refractivity contribution is -0.119. The molecule has 7 heteroatoms. The van der Waals surface area contributed by atoms with Crippen LogP contribution in [0.2, 0.25) is 5.02 Å². The van der Waals surface area contributed by atoms with Crippen molar-refractivity contribution in [3.63, 3.8) is 0 Å². The number of aromatic nitrogens is 4. The number of halogens is 1. The number of carbonyl (C=O) groups is 1. The maximum atomic E-state index is 12.5. The molecule has 3 aromatic rings. The van der Waals surface area contributed by atoms with Crippen molar-refractivity contribution in [3.05, 3.63) is 64.7 Å². The van der Waals surface area contributed by atoms with E-state index in [1.54, 1.807) is 22.5 Å². The SMILES string of the molecule is Cc1nn(C(C)C(=O)Nc2cnn(Cc3ccccc3)c2)c(C)c1Cl. The fourth-order valence-corrected chi connectivity index (χ4v) is 2.79. The van der Waals surface area contributed by atoms with Crippen LogP contribution in [-0.2, 0) is 11.3 Å². The minimum Gasteiger partial charge on any atom is -0.322 e. The molecule has 2 heterocycles. The van der Waals surface area contributed by atoms with Gasteiger partial charge in [0, 0.05) is 6.20 Å². The molecule has 6 nitrogen and oxygen atoms in total. The van der Waals surface area contributed by atoms with Gasteiger partial charge in [-0.05, 0) is 26.3 Å². The first-order chi connectivity index (χ1) is 12.0. The van der Waals surface area contributed by atoms with Crippen molar-refractivity contribution in [2.75, 3.05) is 5.32 Å². The summed E-state index contributed by atoms with van der Waals surface area (Å²) < 4.78 is 3.43. The predicted molar refractivity (Wildman–Crippen MR) is 97.8 cm³/mol. The van der Waals surface area contributed by atoms with Crippen molar-refractivity contribution in [1.82, 2.24) is 19.6 Å². The summed E-state index contributed by atoms with van der Waals surface area (Å²) in [5.74, 6) is -0.165. The smallest absolute Gasteiger partial charge is 0.249 e. The Hall–Kier alpha value is -2.60. The first kappa shape index (κ1) is 17.2. The zero-order chi connectivity index (χ0) is 18.0. The largest absolute Gasteiger partial charge is 0.322 e. The quantitative estimate of drug-likeness (QED) is 0.758. The van der Waals surface area contributed by atoms with Gasteiger partial charge in [-0.3, -0.25) is 14.2 Å². The van der Waals surface area contributed by atoms with Crippen LogP contribution in [-0.4, -0.2) is 25.5 Å². The summed E-state index contributed by atoms with van der Waals surface area (Å²) in [5, 5.41) is 12.1. The highest BCUT2D eigenvalue weighted by atomic mass is 35.5. The molecule has 1 amide bonds. The first-order valence-corrected chi connectivity index (χ1v) is 8.42. The molecule has 1 N–H and O–H groups in total. The molecule has 0 fully saturated rings. The Morgan fingerprint density at radius 2 is 2.00 bits per heavy atom. The summed E-state index contributed by atoms with van der Waals surface area (Å²) >= 11 is 6.16. The molecule has 0 bridgehead atoms. The lowest BCUT2D eigenvalue weighted by Gasteiger charge is -2.13. The average molecular weight is 358 g/mol. The summed E-state index contributed by atoms with van der Waals surface area (Å²) in [6, 6.07) is 9.56. The summed E-state index contributed by atoms with van der Waals surface area (Å²) in [7, 11) is 0. The molecular formula is C18H20ClN5O. The Balaban J connectivity index is 1.68. The molecule has 2 aromatic heterocycles. The van der Waals surface area contributed by atoms with E-state index in [1.807, 2.05) is 50.4 Å². The Bertz CT molecular complexity index is 884. The van der Waals surface area contributed by atoms with Gasteiger partial charge in [0.2, 0.25) is 5.91 Å². The van der Waals surface area contributed by atoms with E-state index in [2.05, 4.69) is 15.5 Å². The van der Waals surface area contributed by atoms with Crippen LogP contribution in [0.4, 0.5) is 5.69 Å². The molecule has 0 saturated carbocycles. The predicted octanol–water partition coefficient (Wildman–Crippen LogP) is 3.60. The van der Waals surface area contributed by atoms with Gasteiger partial charge < -0.3 is 5.32 Å². The van der Waals surface area contributed by atoms with E-state index in [0.717, 1.165) is 17.0 Å². The van der Waals surface area contributed by atoms with Gasteiger partial charge in [-0.25, -0.2) is 0 Å². The van der Waals surface area contributed by atoms with E-state index in [4.69, 9.17) is 11.6 Å². The zero-order valence-corrected chi connectivity index (χ0v) is 15.2. The van der Waals surface area contributed by atoms with Gasteiger partial charge in [-0.2, -0.15) is 10.2 Å². The number of anilines is 1. The van der Waals surface area contributed by atoms with Crippen LogP contribution in [0.1, 0.15) is 29.9 Å². The molecule has 0 aliphatic heterocycles. The van der Waals surface area contributed by atoms with E-state index in [9.17, 15) is 4.79 Å². The molecule has 0 radical (unpaired) electrons. The highest BCUT2D eigenvalue weighted by molar-refractivity contribution is 6.31. The number of nitrogens with zero attached hydrogens (tertiary/aromatic N) is 4. The Labute approximate surface area is 151 Å². The van der Waals surface area contributed by atoms with Gasteiger partial charge in [-0.15, -0.1) is 0 Å². The molecule has 0 aliphatic carbocycles. The van der Waals surface area contributed by atoms with Crippen LogP contribution in [0, 0.1) is 13.8 Å². The van der Waals surface area contributed by atoms with Crippen molar-refractivity contribution >= 4 is 23.2 Å². The second-order valence-corrected chi connectivity index (χ2v) is 6.38. The van der Waals surface area contributed by atoms with Gasteiger partial charge in [0.15, 0.2) is 0 Å². The summed E-state index contributed by atoms with van der Waals surface area (Å²) in [5.41, 5.74) is 3.30. The Morgan fingerprint density at radius 1 is 1.28 bits per heavy atom. The third-order valence-corrected chi connectivity index (χ3v) is 4.62. The van der Waals surface area contributed by atoms with Gasteiger partial charge >= 0.3 is 0 Å². The van der Waals surface area contributed by atoms with Crippen LogP contribution in [0.3, 0.4) is 0 Å². The minimum absolute atomic E-state index is 0.165. The summed E-state index contributed by atoms with van der Waals surface area (Å²) in [6.07, 6.45) is 3.45. The average Bonchev–Trinajstić information content (AvgIpc) is 3.14. The first-order valence-electron chi connectivity index (χ1n) is 8.04. The molecule has 3 rings (SSSR count). The van der Waals surface area contributed by atoms with Crippen molar-refractivity contribution in [2.45, 2.75) is 33.4 Å². The van der Waals surface area contributed by atoms with Gasteiger partial charge in [0.05, 0.1) is 34.8 Å². The van der Waals surface area contributed by atoms with E-state index in [-0.39, 0.29) is 5.91 Å². The van der Waals surface area contributed by atoms with E-state index in [1.165, 1.54) is 0 Å². The molecule has 1 aromatic carbocycles. The van der Waals surface area contributed by atoms with Crippen molar-refractivity contribution in [3.8, 4) is 0 Å². The lowest BCUT2D eigenvalue weighted by Crippen LogP contribution is -2.25. The molecule has 1 atom stereocenters. The molecular weight excluding hydrogens is 338 g/mol. The van der Waals surface area contributed by atoms with Crippen LogP contribution in [0.25, 0.3) is 0 Å². The number of benzene rings is 1. The van der Waals surface area contributed by atoms with Crippen LogP contribution in [0.15, 0.2) is 42.7 Å². The summed E-state index contributed by atoms with van der Waals surface area (Å²) in [6.45, 7) is 6.12. The number of amides is 1. The Morgan fingerprint density at radius 3 is 2.64 bits per heavy atom. The Kier molecular flexibility index (Phi) is 4.90. The number of aryl methyl sites for hydroxylation is 1. The van der Waals surface area contributed by atoms with Gasteiger partial charge in [0.1, 0.15) is 6.04 Å². The van der Waals surface area contributed by atoms with Crippen LogP contribution in [0.5, 0.6) is 0 Å². The molecule has 25 heavy (non-hydrogen) atoms. The van der Waals surface area contributed by atoms with Gasteiger partial charge in [-0.1, -0.05) is 41.9 Å². The standard InChI is InChI=1S/C18H20ClN5O/c1-12-17(19)13(2)24(22-12)14(3)18(25)21-16-9-20-23(11-16)10-15-7-5-4-6-8-15/h4-9,11,14H,10H2,1-3H3,(H,21,25). The lowest BCUT2D eigenvalue weighted by atomic mass is 10.2. The van der Waals surface area contributed by atoms with Crippen LogP contribution >= 0.6 is 11.6 Å². The fraction of sp³-hybridized carbons (Fsp3) is 0.278. The number of hydrogen-bond donors (Lipinski definition) is 1. The third kappa shape index (κ3) is 3.74. The van der Waals surface area contributed by atoms with Crippen molar-refractivity contribution < 1.29 is 4.79 Å². The fourth-order valence-electron chi connectivity index (χ4n) is 2.66. The van der Waals surface area contributed by atoms with Crippen molar-refractivity contribution in [2.24, 2.45) is 0 Å². The third-order valence-electron chi connectivity index (χ3n) is 4.07. The second-order valence-electron chi connectivity index (χ2n) is 6.01. The zero-order valence-electron chi connectivity index (χ0n) is 14.4. The molecule has 0 saturated heterocycles. The molecule has 130 valence electrons. The number of carbonyl (C=O) groups excluding carboxylic acids is 1. The highest BCUT2D eigenvalue weighted by Crippen LogP contribution is 2.22. The van der Waals surface area contributed by atoms with Crippen LogP contribution < -0.4 is 5.32 Å². The topological polar surface area (TPSA) is 64.7 Å². The number of nitrogens with one attached hydrogen (secondary N) is 1. The van der Waals surface area contributed by atoms with Gasteiger partial charge in [0.25, 0.3) is 0 Å². The number of hydrogen-bond acceptors (Lipinski definition) is 3. The number of rotatable bonds is 5. The minimum atomic E-state index is -0.469. The molecule has 1 unspecified atom stereocenters. The maximum Gasteiger partial charge on any atom is 0.249 e. The van der Waals surface area contributed by atoms with E-state index < -0.39 is 6.04 Å². The van der Waals surface area contributed by atoms with Crippen molar-refractivity contribution in [1.29, 1.82) is 0 Å². The maximum absolute atomic E-state index is 12.5. The molecule has 0 spiro atoms. The monoisotopic (exact) mass is 357 g/mol. The normalized spacial score (nSPS) is 12.2. The highest BCUT2D eigenvalue weighted by Gasteiger charge is 2.21. The summed E-state index contributed by atoms with van der Waals surface area (Å²) in [4.78, 5) is 12.5. The van der Waals surface area contributed by atoms with E-state index >= 15 is 0 Å². The second kappa shape index (κ2) is 7.11.